The highest BCUT2D eigenvalue weighted by molar-refractivity contribution is 5.94. The van der Waals surface area contributed by atoms with Gasteiger partial charge in [0.05, 0.1) is 40.4 Å². The number of methoxy groups -OCH3 is 4. The number of rotatable bonds is 6. The maximum Gasteiger partial charge on any atom is 0.312 e. The van der Waals surface area contributed by atoms with Gasteiger partial charge >= 0.3 is 5.97 Å². The molecule has 8 heteroatoms. The van der Waals surface area contributed by atoms with E-state index < -0.39 is 11.9 Å². The lowest BCUT2D eigenvalue weighted by atomic mass is 9.84. The molecule has 1 aromatic heterocycles. The van der Waals surface area contributed by atoms with E-state index >= 15 is 0 Å². The molecular weight excluding hydrogens is 464 g/mol. The van der Waals surface area contributed by atoms with Crippen LogP contribution in [0.15, 0.2) is 64.0 Å². The quantitative estimate of drug-likeness (QED) is 0.278. The van der Waals surface area contributed by atoms with Crippen LogP contribution < -0.4 is 29.1 Å². The zero-order valence-electron chi connectivity index (χ0n) is 20.2. The van der Waals surface area contributed by atoms with Gasteiger partial charge in [-0.15, -0.1) is 0 Å². The highest BCUT2D eigenvalue weighted by atomic mass is 16.5. The van der Waals surface area contributed by atoms with Crippen LogP contribution in [0.5, 0.6) is 28.7 Å². The molecule has 0 saturated carbocycles. The summed E-state index contributed by atoms with van der Waals surface area (Å²) in [5, 5.41) is 0.271. The number of carbonyl (C=O) groups excluding carboxylic acids is 1. The molecule has 4 aromatic rings. The Kier molecular flexibility index (Phi) is 6.01. The summed E-state index contributed by atoms with van der Waals surface area (Å²) in [6, 6.07) is 14.1. The van der Waals surface area contributed by atoms with Gasteiger partial charge in [-0.3, -0.25) is 9.59 Å². The number of fused-ring (bicyclic) bond motifs is 3. The van der Waals surface area contributed by atoms with E-state index in [0.717, 1.165) is 5.56 Å². The number of hydrogen-bond acceptors (Lipinski definition) is 8. The Balaban J connectivity index is 1.75. The number of esters is 1. The predicted molar refractivity (Wildman–Crippen MR) is 133 cm³/mol. The monoisotopic (exact) mass is 488 g/mol. The molecule has 0 aliphatic carbocycles. The first kappa shape index (κ1) is 23.3. The van der Waals surface area contributed by atoms with E-state index in [1.807, 2.05) is 12.1 Å². The topological polar surface area (TPSA) is 93.4 Å². The minimum Gasteiger partial charge on any atom is -0.497 e. The molecule has 0 bridgehead atoms. The van der Waals surface area contributed by atoms with Gasteiger partial charge in [0.1, 0.15) is 34.5 Å². The highest BCUT2D eigenvalue weighted by Gasteiger charge is 2.34. The second-order valence-corrected chi connectivity index (χ2v) is 8.25. The second-order valence-electron chi connectivity index (χ2n) is 8.25. The van der Waals surface area contributed by atoms with Crippen molar-refractivity contribution in [3.05, 3.63) is 76.1 Å². The SMILES string of the molecule is COc1ccc(-c2coc3c4c(cc(OC)c3c2=O)OC(=O)CC4c2ccc(OC)c(OC)c2)cc1. The maximum atomic E-state index is 13.7. The Morgan fingerprint density at radius 2 is 1.53 bits per heavy atom. The van der Waals surface area contributed by atoms with Crippen LogP contribution in [-0.4, -0.2) is 34.4 Å². The van der Waals surface area contributed by atoms with Crippen molar-refractivity contribution >= 4 is 16.9 Å². The molecule has 0 amide bonds. The normalized spacial score (nSPS) is 14.7. The lowest BCUT2D eigenvalue weighted by Gasteiger charge is -2.26. The van der Waals surface area contributed by atoms with Crippen LogP contribution in [0.1, 0.15) is 23.5 Å². The van der Waals surface area contributed by atoms with Gasteiger partial charge in [-0.2, -0.15) is 0 Å². The average Bonchev–Trinajstić information content (AvgIpc) is 2.91. The molecule has 3 aromatic carbocycles. The summed E-state index contributed by atoms with van der Waals surface area (Å²) < 4.78 is 33.2. The van der Waals surface area contributed by atoms with Crippen molar-refractivity contribution in [2.24, 2.45) is 0 Å². The van der Waals surface area contributed by atoms with Gasteiger partial charge in [-0.25, -0.2) is 0 Å². The summed E-state index contributed by atoms with van der Waals surface area (Å²) >= 11 is 0. The van der Waals surface area contributed by atoms with Gasteiger partial charge in [0.15, 0.2) is 11.5 Å². The van der Waals surface area contributed by atoms with Crippen molar-refractivity contribution in [3.63, 3.8) is 0 Å². The highest BCUT2D eigenvalue weighted by Crippen LogP contribution is 2.47. The molecule has 0 radical (unpaired) electrons. The van der Waals surface area contributed by atoms with Crippen LogP contribution >= 0.6 is 0 Å². The van der Waals surface area contributed by atoms with Crippen LogP contribution in [-0.2, 0) is 4.79 Å². The molecule has 1 unspecified atom stereocenters. The summed E-state index contributed by atoms with van der Waals surface area (Å²) in [7, 11) is 6.14. The van der Waals surface area contributed by atoms with Gasteiger partial charge in [0.25, 0.3) is 0 Å². The zero-order valence-corrected chi connectivity index (χ0v) is 20.2. The molecule has 0 saturated heterocycles. The molecule has 1 aliphatic rings. The average molecular weight is 488 g/mol. The standard InChI is InChI=1S/C28H24O8/c1-31-17-8-5-15(6-9-17)19-14-35-28-25-18(16-7-10-20(32-2)21(11-16)33-3)12-24(29)36-23(25)13-22(34-4)26(28)27(19)30/h5-11,13-14,18H,12H2,1-4H3. The van der Waals surface area contributed by atoms with E-state index in [0.29, 0.717) is 39.5 Å². The summed E-state index contributed by atoms with van der Waals surface area (Å²) in [4.78, 5) is 26.3. The molecule has 5 rings (SSSR count). The van der Waals surface area contributed by atoms with E-state index in [9.17, 15) is 9.59 Å². The van der Waals surface area contributed by atoms with E-state index in [2.05, 4.69) is 0 Å². The molecule has 1 atom stereocenters. The third-order valence-electron chi connectivity index (χ3n) is 6.39. The third kappa shape index (κ3) is 3.80. The van der Waals surface area contributed by atoms with E-state index in [1.54, 1.807) is 57.7 Å². The minimum absolute atomic E-state index is 0.0633. The lowest BCUT2D eigenvalue weighted by Crippen LogP contribution is -2.22. The molecule has 1 aliphatic heterocycles. The largest absolute Gasteiger partial charge is 0.497 e. The van der Waals surface area contributed by atoms with Crippen molar-refractivity contribution in [3.8, 4) is 39.9 Å². The first-order valence-electron chi connectivity index (χ1n) is 11.2. The first-order valence-corrected chi connectivity index (χ1v) is 11.2. The van der Waals surface area contributed by atoms with Crippen LogP contribution in [0.3, 0.4) is 0 Å². The van der Waals surface area contributed by atoms with E-state index in [-0.39, 0.29) is 28.7 Å². The fraction of sp³-hybridized carbons (Fsp3) is 0.214. The molecule has 2 heterocycles. The van der Waals surface area contributed by atoms with Gasteiger partial charge in [-0.05, 0) is 35.4 Å². The summed E-state index contributed by atoms with van der Waals surface area (Å²) in [6.45, 7) is 0. The minimum atomic E-state index is -0.440. The fourth-order valence-corrected chi connectivity index (χ4v) is 4.60. The van der Waals surface area contributed by atoms with Gasteiger partial charge in [0.2, 0.25) is 5.43 Å². The molecule has 0 spiro atoms. The Morgan fingerprint density at radius 3 is 2.19 bits per heavy atom. The molecule has 36 heavy (non-hydrogen) atoms. The van der Waals surface area contributed by atoms with Crippen molar-refractivity contribution in [2.75, 3.05) is 28.4 Å². The Hall–Kier alpha value is -4.46. The molecule has 8 nitrogen and oxygen atoms in total. The number of hydrogen-bond donors (Lipinski definition) is 0. The van der Waals surface area contributed by atoms with Crippen molar-refractivity contribution in [1.82, 2.24) is 0 Å². The number of ether oxygens (including phenoxy) is 5. The summed E-state index contributed by atoms with van der Waals surface area (Å²) in [5.74, 6) is 1.47. The maximum absolute atomic E-state index is 13.7. The van der Waals surface area contributed by atoms with E-state index in [1.165, 1.54) is 13.4 Å². The Morgan fingerprint density at radius 1 is 0.806 bits per heavy atom. The van der Waals surface area contributed by atoms with Crippen molar-refractivity contribution in [2.45, 2.75) is 12.3 Å². The Labute approximate surface area is 206 Å². The van der Waals surface area contributed by atoms with Crippen LogP contribution in [0.25, 0.3) is 22.1 Å². The van der Waals surface area contributed by atoms with Crippen LogP contribution in [0.4, 0.5) is 0 Å². The smallest absolute Gasteiger partial charge is 0.312 e. The molecule has 0 N–H and O–H groups in total. The first-order chi connectivity index (χ1) is 17.5. The second kappa shape index (κ2) is 9.30. The summed E-state index contributed by atoms with van der Waals surface area (Å²) in [6.07, 6.45) is 1.49. The predicted octanol–water partition coefficient (Wildman–Crippen LogP) is 4.94. The molecular formula is C28H24O8. The number of benzene rings is 3. The summed E-state index contributed by atoms with van der Waals surface area (Å²) in [5.41, 5.74) is 2.48. The number of carbonyl (C=O) groups is 1. The Bertz CT molecular complexity index is 1520. The molecule has 0 fully saturated rings. The van der Waals surface area contributed by atoms with Gasteiger partial charge in [0, 0.05) is 17.5 Å². The van der Waals surface area contributed by atoms with Crippen molar-refractivity contribution < 1.29 is 32.9 Å². The van der Waals surface area contributed by atoms with Gasteiger partial charge in [-0.1, -0.05) is 18.2 Å². The van der Waals surface area contributed by atoms with Gasteiger partial charge < -0.3 is 28.1 Å². The van der Waals surface area contributed by atoms with Crippen LogP contribution in [0.2, 0.25) is 0 Å². The third-order valence-corrected chi connectivity index (χ3v) is 6.39. The van der Waals surface area contributed by atoms with E-state index in [4.69, 9.17) is 28.1 Å². The zero-order chi connectivity index (χ0) is 25.4. The van der Waals surface area contributed by atoms with Crippen molar-refractivity contribution in [1.29, 1.82) is 0 Å². The lowest BCUT2D eigenvalue weighted by molar-refractivity contribution is -0.135. The fourth-order valence-electron chi connectivity index (χ4n) is 4.60. The van der Waals surface area contributed by atoms with Crippen LogP contribution in [0, 0.1) is 0 Å². The molecule has 184 valence electrons.